The summed E-state index contributed by atoms with van der Waals surface area (Å²) >= 11 is 0. The van der Waals surface area contributed by atoms with Gasteiger partial charge in [0.1, 0.15) is 0 Å². The zero-order valence-corrected chi connectivity index (χ0v) is 3.53. The summed E-state index contributed by atoms with van der Waals surface area (Å²) in [6.07, 6.45) is -1.63. The van der Waals surface area contributed by atoms with Crippen LogP contribution in [0.3, 0.4) is 0 Å². The van der Waals surface area contributed by atoms with Crippen molar-refractivity contribution in [2.75, 3.05) is 6.61 Å². The standard InChI is InChI=1S/C3H6O4.3K.3H/c4-1-2(5)3(6)7;;;;;;/h2,4-5H,1H2,(H,6,7);;;;;;. The van der Waals surface area contributed by atoms with Crippen LogP contribution in [0.5, 0.6) is 0 Å². The van der Waals surface area contributed by atoms with Gasteiger partial charge in [0, 0.05) is 0 Å². The van der Waals surface area contributed by atoms with Crippen molar-refractivity contribution in [2.24, 2.45) is 0 Å². The van der Waals surface area contributed by atoms with Crippen LogP contribution in [-0.2, 0) is 4.79 Å². The number of aliphatic carboxylic acids is 1. The first kappa shape index (κ1) is 23.8. The second kappa shape index (κ2) is 15.8. The van der Waals surface area contributed by atoms with Gasteiger partial charge in [0.2, 0.25) is 0 Å². The average Bonchev–Trinajstić information content (AvgIpc) is 1.65. The van der Waals surface area contributed by atoms with Gasteiger partial charge < -0.3 is 15.3 Å². The minimum absolute atomic E-state index is 0. The Morgan fingerprint density at radius 1 is 1.30 bits per heavy atom. The molecule has 0 spiro atoms. The molecule has 0 heterocycles. The van der Waals surface area contributed by atoms with Gasteiger partial charge in [0.05, 0.1) is 6.61 Å². The molecule has 0 saturated heterocycles. The summed E-state index contributed by atoms with van der Waals surface area (Å²) in [7, 11) is 0. The second-order valence-electron chi connectivity index (χ2n) is 1.04. The molecule has 48 valence electrons. The van der Waals surface area contributed by atoms with Crippen molar-refractivity contribution in [1.29, 1.82) is 0 Å². The summed E-state index contributed by atoms with van der Waals surface area (Å²) in [6, 6.07) is 0. The first-order chi connectivity index (χ1) is 3.18. The van der Waals surface area contributed by atoms with E-state index < -0.39 is 18.7 Å². The Morgan fingerprint density at radius 3 is 1.60 bits per heavy atom. The number of carbonyl (C=O) groups is 1. The van der Waals surface area contributed by atoms with Gasteiger partial charge in [-0.3, -0.25) is 0 Å². The number of aliphatic hydroxyl groups is 2. The molecule has 10 heavy (non-hydrogen) atoms. The van der Waals surface area contributed by atoms with Crippen LogP contribution in [0, 0.1) is 0 Å². The number of rotatable bonds is 2. The van der Waals surface area contributed by atoms with Crippen molar-refractivity contribution in [3.05, 3.63) is 0 Å². The number of carboxylic acids is 1. The van der Waals surface area contributed by atoms with E-state index in [4.69, 9.17) is 15.3 Å². The van der Waals surface area contributed by atoms with Crippen LogP contribution >= 0.6 is 0 Å². The molecular weight excluding hydrogens is 217 g/mol. The third kappa shape index (κ3) is 14.8. The summed E-state index contributed by atoms with van der Waals surface area (Å²) < 4.78 is 0. The van der Waals surface area contributed by atoms with E-state index in [1.165, 1.54) is 0 Å². The van der Waals surface area contributed by atoms with Crippen LogP contribution in [0.25, 0.3) is 0 Å². The zero-order chi connectivity index (χ0) is 5.86. The maximum atomic E-state index is 9.52. The molecule has 0 rings (SSSR count). The summed E-state index contributed by atoms with van der Waals surface area (Å²) in [5, 5.41) is 23.7. The number of hydrogen-bond donors (Lipinski definition) is 3. The van der Waals surface area contributed by atoms with Crippen molar-refractivity contribution in [3.8, 4) is 0 Å². The molecule has 0 aliphatic carbocycles. The van der Waals surface area contributed by atoms with E-state index in [0.29, 0.717) is 0 Å². The molecule has 0 radical (unpaired) electrons. The van der Waals surface area contributed by atoms with E-state index in [-0.39, 0.29) is 154 Å². The summed E-state index contributed by atoms with van der Waals surface area (Å²) in [6.45, 7) is -0.727. The molecule has 3 N–H and O–H groups in total. The molecule has 0 aromatic carbocycles. The van der Waals surface area contributed by atoms with Gasteiger partial charge in [-0.1, -0.05) is 0 Å². The normalized spacial score (nSPS) is 9.40. The molecule has 0 aromatic heterocycles. The Kier molecular flexibility index (Phi) is 37.6. The van der Waals surface area contributed by atoms with Crippen molar-refractivity contribution in [1.82, 2.24) is 0 Å². The van der Waals surface area contributed by atoms with Crippen LogP contribution in [0.1, 0.15) is 0 Å². The molecule has 0 amide bonds. The van der Waals surface area contributed by atoms with E-state index in [0.717, 1.165) is 0 Å². The van der Waals surface area contributed by atoms with E-state index in [9.17, 15) is 4.79 Å². The predicted octanol–water partition coefficient (Wildman–Crippen LogP) is -3.52. The molecule has 0 saturated carbocycles. The molecule has 0 bridgehead atoms. The molecule has 4 nitrogen and oxygen atoms in total. The maximum absolute atomic E-state index is 9.52. The fourth-order valence-corrected chi connectivity index (χ4v) is 0.0781. The molecule has 1 unspecified atom stereocenters. The molecule has 1 atom stereocenters. The van der Waals surface area contributed by atoms with Gasteiger partial charge in [0.15, 0.2) is 6.10 Å². The van der Waals surface area contributed by atoms with Crippen molar-refractivity contribution < 1.29 is 20.1 Å². The number of carboxylic acid groups (broad SMARTS) is 1. The Bertz CT molecular complexity index is 78.1. The Hall–Kier alpha value is 4.30. The monoisotopic (exact) mass is 226 g/mol. The SMILES string of the molecule is O=C(O)C(O)CO.[KH].[KH].[KH]. The van der Waals surface area contributed by atoms with Crippen LogP contribution in [0.15, 0.2) is 0 Å². The van der Waals surface area contributed by atoms with E-state index in [2.05, 4.69) is 0 Å². The summed E-state index contributed by atoms with van der Waals surface area (Å²) in [4.78, 5) is 9.52. The fraction of sp³-hybridized carbons (Fsp3) is 0.667. The second-order valence-corrected chi connectivity index (χ2v) is 1.04. The van der Waals surface area contributed by atoms with Gasteiger partial charge >= 0.3 is 160 Å². The first-order valence-electron chi connectivity index (χ1n) is 1.70. The Labute approximate surface area is 187 Å². The molecule has 0 aliphatic heterocycles. The first-order valence-corrected chi connectivity index (χ1v) is 1.70. The fourth-order valence-electron chi connectivity index (χ4n) is 0.0781. The van der Waals surface area contributed by atoms with E-state index >= 15 is 0 Å². The number of aliphatic hydroxyl groups excluding tert-OH is 2. The third-order valence-electron chi connectivity index (χ3n) is 0.458. The van der Waals surface area contributed by atoms with Gasteiger partial charge in [-0.05, 0) is 0 Å². The molecular formula is C3H9K3O4. The predicted molar refractivity (Wildman–Crippen MR) is 42.2 cm³/mol. The average molecular weight is 226 g/mol. The molecule has 0 fully saturated rings. The molecule has 0 aliphatic rings. The van der Waals surface area contributed by atoms with Crippen LogP contribution in [0.4, 0.5) is 0 Å². The van der Waals surface area contributed by atoms with Gasteiger partial charge in [-0.15, -0.1) is 0 Å². The van der Waals surface area contributed by atoms with Crippen molar-refractivity contribution in [3.63, 3.8) is 0 Å². The van der Waals surface area contributed by atoms with E-state index in [1.807, 2.05) is 0 Å². The molecule has 7 heteroatoms. The van der Waals surface area contributed by atoms with Gasteiger partial charge in [-0.2, -0.15) is 0 Å². The van der Waals surface area contributed by atoms with Crippen LogP contribution in [0.2, 0.25) is 0 Å². The summed E-state index contributed by atoms with van der Waals surface area (Å²) in [5.74, 6) is -1.40. The van der Waals surface area contributed by atoms with Gasteiger partial charge in [-0.25, -0.2) is 4.79 Å². The Morgan fingerprint density at radius 2 is 1.60 bits per heavy atom. The van der Waals surface area contributed by atoms with Gasteiger partial charge in [0.25, 0.3) is 0 Å². The van der Waals surface area contributed by atoms with Crippen LogP contribution in [-0.4, -0.2) is 188 Å². The van der Waals surface area contributed by atoms with E-state index in [1.54, 1.807) is 0 Å². The van der Waals surface area contributed by atoms with Crippen molar-refractivity contribution >= 4 is 160 Å². The quantitative estimate of drug-likeness (QED) is 0.427. The molecule has 0 aromatic rings. The number of hydrogen-bond acceptors (Lipinski definition) is 3. The zero-order valence-electron chi connectivity index (χ0n) is 3.53. The van der Waals surface area contributed by atoms with Crippen molar-refractivity contribution in [2.45, 2.75) is 6.10 Å². The summed E-state index contributed by atoms with van der Waals surface area (Å²) in [5.41, 5.74) is 0. The minimum atomic E-state index is -1.63. The Balaban J connectivity index is -0.0000000600. The topological polar surface area (TPSA) is 77.8 Å². The third-order valence-corrected chi connectivity index (χ3v) is 0.458. The van der Waals surface area contributed by atoms with Crippen LogP contribution < -0.4 is 0 Å².